The van der Waals surface area contributed by atoms with Gasteiger partial charge in [-0.05, 0) is 55.2 Å². The second-order valence-corrected chi connectivity index (χ2v) is 9.92. The maximum absolute atomic E-state index is 14.0. The van der Waals surface area contributed by atoms with Gasteiger partial charge in [0.05, 0.1) is 18.0 Å². The summed E-state index contributed by atoms with van der Waals surface area (Å²) >= 11 is 0. The van der Waals surface area contributed by atoms with Crippen molar-refractivity contribution in [2.75, 3.05) is 12.3 Å². The third-order valence-electron chi connectivity index (χ3n) is 6.68. The number of nitriles is 1. The van der Waals surface area contributed by atoms with Crippen molar-refractivity contribution in [2.24, 2.45) is 5.92 Å². The third kappa shape index (κ3) is 5.33. The van der Waals surface area contributed by atoms with Gasteiger partial charge in [-0.3, -0.25) is 4.79 Å². The third-order valence-corrected chi connectivity index (χ3v) is 6.68. The summed E-state index contributed by atoms with van der Waals surface area (Å²) in [5.74, 6) is -1.16. The molecule has 2 aromatic heterocycles. The smallest absolute Gasteiger partial charge is 0.264 e. The van der Waals surface area contributed by atoms with Gasteiger partial charge in [-0.25, -0.2) is 23.4 Å². The zero-order valence-corrected chi connectivity index (χ0v) is 22.0. The van der Waals surface area contributed by atoms with Crippen molar-refractivity contribution in [3.8, 4) is 28.8 Å². The summed E-state index contributed by atoms with van der Waals surface area (Å²) in [4.78, 5) is 23.5. The van der Waals surface area contributed by atoms with Gasteiger partial charge < -0.3 is 15.4 Å². The predicted octanol–water partition coefficient (Wildman–Crippen LogP) is 5.24. The van der Waals surface area contributed by atoms with Crippen LogP contribution in [0.25, 0.3) is 22.3 Å². The fourth-order valence-electron chi connectivity index (χ4n) is 4.86. The van der Waals surface area contributed by atoms with Crippen molar-refractivity contribution < 1.29 is 18.3 Å². The first-order valence-corrected chi connectivity index (χ1v) is 12.9. The van der Waals surface area contributed by atoms with E-state index in [9.17, 15) is 18.8 Å². The first-order valence-electron chi connectivity index (χ1n) is 12.9. The van der Waals surface area contributed by atoms with Crippen LogP contribution in [-0.4, -0.2) is 43.1 Å². The van der Waals surface area contributed by atoms with Crippen LogP contribution in [0.2, 0.25) is 0 Å². The summed E-state index contributed by atoms with van der Waals surface area (Å²) in [6.45, 7) is 4.76. The molecule has 1 atom stereocenters. The zero-order chi connectivity index (χ0) is 28.4. The largest absolute Gasteiger partial charge is 0.454 e. The maximum Gasteiger partial charge on any atom is 0.264 e. The number of nitrogens with two attached hydrogens (primary N) is 1. The van der Waals surface area contributed by atoms with Crippen molar-refractivity contribution in [3.63, 3.8) is 0 Å². The molecule has 0 saturated carbocycles. The highest BCUT2D eigenvalue weighted by Crippen LogP contribution is 2.33. The first-order chi connectivity index (χ1) is 19.2. The predicted molar refractivity (Wildman–Crippen MR) is 145 cm³/mol. The normalized spacial score (nSPS) is 15.6. The van der Waals surface area contributed by atoms with E-state index in [2.05, 4.69) is 9.97 Å². The number of anilines is 1. The van der Waals surface area contributed by atoms with Gasteiger partial charge in [0, 0.05) is 18.2 Å². The summed E-state index contributed by atoms with van der Waals surface area (Å²) < 4.78 is 34.8. The molecule has 1 saturated heterocycles. The summed E-state index contributed by atoms with van der Waals surface area (Å²) in [6.07, 6.45) is 4.61. The van der Waals surface area contributed by atoms with E-state index < -0.39 is 11.6 Å². The molecule has 40 heavy (non-hydrogen) atoms. The molecular formula is C29H27F2N7O2. The zero-order valence-electron chi connectivity index (χ0n) is 22.0. The molecule has 9 nitrogen and oxygen atoms in total. The minimum absolute atomic E-state index is 0.0709. The second kappa shape index (κ2) is 11.1. The number of amides is 1. The highest BCUT2D eigenvalue weighted by atomic mass is 19.1. The number of likely N-dealkylation sites (tertiary alicyclic amines) is 1. The molecule has 11 heteroatoms. The number of allylic oxidation sites excluding steroid dienone is 1. The quantitative estimate of drug-likeness (QED) is 0.250. The van der Waals surface area contributed by atoms with E-state index in [-0.39, 0.29) is 35.0 Å². The fourth-order valence-corrected chi connectivity index (χ4v) is 4.86. The summed E-state index contributed by atoms with van der Waals surface area (Å²) in [7, 11) is 0. The number of ether oxygens (including phenoxy) is 1. The van der Waals surface area contributed by atoms with Gasteiger partial charge in [0.25, 0.3) is 5.91 Å². The monoisotopic (exact) mass is 543 g/mol. The lowest BCUT2D eigenvalue weighted by Gasteiger charge is -2.24. The molecule has 2 aromatic carbocycles. The molecule has 1 unspecified atom stereocenters. The molecular weight excluding hydrogens is 516 g/mol. The van der Waals surface area contributed by atoms with Gasteiger partial charge >= 0.3 is 0 Å². The number of halogens is 2. The molecule has 0 spiro atoms. The van der Waals surface area contributed by atoms with Crippen molar-refractivity contribution in [1.29, 1.82) is 5.26 Å². The number of aromatic nitrogens is 4. The van der Waals surface area contributed by atoms with E-state index in [0.717, 1.165) is 31.0 Å². The highest BCUT2D eigenvalue weighted by molar-refractivity contribution is 5.99. The topological polar surface area (TPSA) is 123 Å². The molecule has 1 amide bonds. The van der Waals surface area contributed by atoms with Crippen LogP contribution in [0.5, 0.6) is 11.5 Å². The average Bonchev–Trinajstić information content (AvgIpc) is 3.55. The number of carbonyl (C=O) groups is 1. The van der Waals surface area contributed by atoms with Crippen LogP contribution in [0.1, 0.15) is 26.7 Å². The van der Waals surface area contributed by atoms with Crippen LogP contribution in [0.15, 0.2) is 60.4 Å². The van der Waals surface area contributed by atoms with Crippen molar-refractivity contribution in [2.45, 2.75) is 39.3 Å². The van der Waals surface area contributed by atoms with Crippen LogP contribution in [-0.2, 0) is 11.3 Å². The second-order valence-electron chi connectivity index (χ2n) is 9.92. The SMILES string of the molecule is CC(C)C=C(C#N)C(=O)N1CCCC1Cn1nc(-c2ccc(Oc3cc(F)ccc3F)cc2)c2c(N)ncnc21. The number of hydrogen-bond donors (Lipinski definition) is 1. The fraction of sp³-hybridized carbons (Fsp3) is 0.276. The van der Waals surface area contributed by atoms with E-state index in [1.807, 2.05) is 19.9 Å². The molecule has 1 fully saturated rings. The van der Waals surface area contributed by atoms with Crippen LogP contribution < -0.4 is 10.5 Å². The molecule has 204 valence electrons. The molecule has 3 heterocycles. The Bertz CT molecular complexity index is 1640. The average molecular weight is 544 g/mol. The Morgan fingerprint density at radius 3 is 2.73 bits per heavy atom. The summed E-state index contributed by atoms with van der Waals surface area (Å²) in [6, 6.07) is 11.6. The van der Waals surface area contributed by atoms with E-state index >= 15 is 0 Å². The van der Waals surface area contributed by atoms with Gasteiger partial charge in [-0.1, -0.05) is 19.9 Å². The van der Waals surface area contributed by atoms with Crippen LogP contribution >= 0.6 is 0 Å². The minimum Gasteiger partial charge on any atom is -0.454 e. The van der Waals surface area contributed by atoms with Crippen LogP contribution in [0.3, 0.4) is 0 Å². The molecule has 0 radical (unpaired) electrons. The molecule has 5 rings (SSSR count). The highest BCUT2D eigenvalue weighted by Gasteiger charge is 2.32. The van der Waals surface area contributed by atoms with Gasteiger partial charge in [0.2, 0.25) is 0 Å². The first kappa shape index (κ1) is 26.7. The Labute approximate surface area is 229 Å². The molecule has 0 aliphatic carbocycles. The number of benzene rings is 2. The molecule has 1 aliphatic rings. The van der Waals surface area contributed by atoms with Crippen LogP contribution in [0.4, 0.5) is 14.6 Å². The van der Waals surface area contributed by atoms with Crippen LogP contribution in [0, 0.1) is 28.9 Å². The maximum atomic E-state index is 14.0. The molecule has 0 bridgehead atoms. The standard InChI is InChI=1S/C29H27F2N7O2/c1-17(2)12-19(14-32)29(39)37-11-3-4-21(37)15-38-28-25(27(33)34-16-35-28)26(36-38)18-5-8-22(9-6-18)40-24-13-20(30)7-10-23(24)31/h5-10,12-13,16-17,21H,3-4,11,15H2,1-2H3,(H2,33,34,35). The number of rotatable bonds is 7. The Morgan fingerprint density at radius 1 is 1.23 bits per heavy atom. The number of nitrogen functional groups attached to an aromatic ring is 1. The lowest BCUT2D eigenvalue weighted by Crippen LogP contribution is -2.39. The lowest BCUT2D eigenvalue weighted by molar-refractivity contribution is -0.127. The van der Waals surface area contributed by atoms with Gasteiger partial charge in [0.15, 0.2) is 17.2 Å². The Kier molecular flexibility index (Phi) is 7.42. The number of fused-ring (bicyclic) bond motifs is 1. The minimum atomic E-state index is -0.679. The number of nitrogens with zero attached hydrogens (tertiary/aromatic N) is 6. The van der Waals surface area contributed by atoms with E-state index in [1.165, 1.54) is 6.33 Å². The summed E-state index contributed by atoms with van der Waals surface area (Å²) in [5.41, 5.74) is 8.11. The molecule has 2 N–H and O–H groups in total. The van der Waals surface area contributed by atoms with Gasteiger partial charge in [-0.15, -0.1) is 0 Å². The van der Waals surface area contributed by atoms with E-state index in [4.69, 9.17) is 15.6 Å². The summed E-state index contributed by atoms with van der Waals surface area (Å²) in [5, 5.41) is 14.9. The Morgan fingerprint density at radius 2 is 2.00 bits per heavy atom. The Balaban J connectivity index is 1.44. The molecule has 1 aliphatic heterocycles. The van der Waals surface area contributed by atoms with E-state index in [0.29, 0.717) is 41.1 Å². The van der Waals surface area contributed by atoms with Crippen molar-refractivity contribution in [3.05, 3.63) is 72.1 Å². The Hall–Kier alpha value is -4.85. The van der Waals surface area contributed by atoms with Gasteiger partial charge in [-0.2, -0.15) is 10.4 Å². The number of carbonyl (C=O) groups excluding carboxylic acids is 1. The van der Waals surface area contributed by atoms with Crippen molar-refractivity contribution >= 4 is 22.8 Å². The van der Waals surface area contributed by atoms with E-state index in [1.54, 1.807) is 39.9 Å². The lowest BCUT2D eigenvalue weighted by atomic mass is 10.1. The van der Waals surface area contributed by atoms with Gasteiger partial charge in [0.1, 0.15) is 41.0 Å². The van der Waals surface area contributed by atoms with Crippen molar-refractivity contribution in [1.82, 2.24) is 24.6 Å². The molecule has 4 aromatic rings. The number of hydrogen-bond acceptors (Lipinski definition) is 7.